The summed E-state index contributed by atoms with van der Waals surface area (Å²) in [4.78, 5) is 2.58. The van der Waals surface area contributed by atoms with E-state index in [1.807, 2.05) is 0 Å². The highest BCUT2D eigenvalue weighted by atomic mass is 16.5. The summed E-state index contributed by atoms with van der Waals surface area (Å²) in [6.07, 6.45) is 5.11. The van der Waals surface area contributed by atoms with Crippen molar-refractivity contribution in [3.63, 3.8) is 0 Å². The average Bonchev–Trinajstić information content (AvgIpc) is 3.08. The van der Waals surface area contributed by atoms with Crippen LogP contribution in [0.2, 0.25) is 0 Å². The predicted octanol–water partition coefficient (Wildman–Crippen LogP) is 2.20. The van der Waals surface area contributed by atoms with Gasteiger partial charge < -0.3 is 15.0 Å². The van der Waals surface area contributed by atoms with E-state index in [9.17, 15) is 0 Å². The lowest BCUT2D eigenvalue weighted by molar-refractivity contribution is 0.331. The molecule has 0 spiro atoms. The first-order valence-electron chi connectivity index (χ1n) is 7.59. The van der Waals surface area contributed by atoms with Crippen LogP contribution in [-0.2, 0) is 13.0 Å². The molecule has 0 saturated carbocycles. The van der Waals surface area contributed by atoms with Gasteiger partial charge in [-0.25, -0.2) is 0 Å². The molecule has 2 heterocycles. The van der Waals surface area contributed by atoms with E-state index in [4.69, 9.17) is 4.74 Å². The third-order valence-corrected chi connectivity index (χ3v) is 4.11. The Labute approximate surface area is 115 Å². The Hall–Kier alpha value is -1.06. The third-order valence-electron chi connectivity index (χ3n) is 4.11. The zero-order valence-corrected chi connectivity index (χ0v) is 11.7. The minimum absolute atomic E-state index is 0.849. The molecule has 1 saturated heterocycles. The lowest BCUT2D eigenvalue weighted by Crippen LogP contribution is -2.24. The first-order chi connectivity index (χ1) is 9.42. The van der Waals surface area contributed by atoms with Gasteiger partial charge in [0.2, 0.25) is 0 Å². The number of likely N-dealkylation sites (tertiary alicyclic amines) is 1. The van der Waals surface area contributed by atoms with Gasteiger partial charge in [0, 0.05) is 13.0 Å². The Morgan fingerprint density at radius 2 is 2.11 bits per heavy atom. The molecular weight excluding hydrogens is 236 g/mol. The van der Waals surface area contributed by atoms with Gasteiger partial charge in [0.15, 0.2) is 0 Å². The summed E-state index contributed by atoms with van der Waals surface area (Å²) in [5.41, 5.74) is 2.75. The molecule has 0 aromatic heterocycles. The molecule has 0 amide bonds. The molecule has 3 rings (SSSR count). The van der Waals surface area contributed by atoms with Gasteiger partial charge in [-0.3, -0.25) is 0 Å². The maximum atomic E-state index is 5.53. The number of benzene rings is 1. The molecule has 104 valence electrons. The fourth-order valence-electron chi connectivity index (χ4n) is 3.02. The zero-order chi connectivity index (χ0) is 12.9. The molecular formula is C16H24N2O. The maximum absolute atomic E-state index is 5.53. The monoisotopic (exact) mass is 260 g/mol. The van der Waals surface area contributed by atoms with Crippen molar-refractivity contribution >= 4 is 0 Å². The molecule has 2 aliphatic heterocycles. The summed E-state index contributed by atoms with van der Waals surface area (Å²) in [5, 5.41) is 3.55. The van der Waals surface area contributed by atoms with Crippen LogP contribution in [0, 0.1) is 0 Å². The minimum atomic E-state index is 0.849. The second-order valence-electron chi connectivity index (χ2n) is 5.62. The van der Waals surface area contributed by atoms with Crippen LogP contribution in [0.1, 0.15) is 30.4 Å². The standard InChI is InChI=1S/C16H24N2O/c1-2-9-18(8-1)10-3-7-17-13-14-4-5-16-15(12-14)6-11-19-16/h4-5,12,17H,1-3,6-11,13H2. The van der Waals surface area contributed by atoms with E-state index in [1.165, 1.54) is 50.0 Å². The van der Waals surface area contributed by atoms with Crippen molar-refractivity contribution < 1.29 is 4.74 Å². The second kappa shape index (κ2) is 6.40. The fourth-order valence-corrected chi connectivity index (χ4v) is 3.02. The number of rotatable bonds is 6. The summed E-state index contributed by atoms with van der Waals surface area (Å²) >= 11 is 0. The summed E-state index contributed by atoms with van der Waals surface area (Å²) < 4.78 is 5.53. The lowest BCUT2D eigenvalue weighted by Gasteiger charge is -2.14. The van der Waals surface area contributed by atoms with Crippen LogP contribution in [-0.4, -0.2) is 37.7 Å². The molecule has 0 atom stereocenters. The Kier molecular flexibility index (Phi) is 4.36. The Bertz CT molecular complexity index is 413. The van der Waals surface area contributed by atoms with Crippen molar-refractivity contribution in [1.29, 1.82) is 0 Å². The van der Waals surface area contributed by atoms with Crippen LogP contribution in [0.3, 0.4) is 0 Å². The van der Waals surface area contributed by atoms with Crippen LogP contribution < -0.4 is 10.1 Å². The van der Waals surface area contributed by atoms with Crippen LogP contribution in [0.25, 0.3) is 0 Å². The first-order valence-corrected chi connectivity index (χ1v) is 7.59. The summed E-state index contributed by atoms with van der Waals surface area (Å²) in [6, 6.07) is 6.58. The lowest BCUT2D eigenvalue weighted by atomic mass is 10.1. The highest BCUT2D eigenvalue weighted by Crippen LogP contribution is 2.25. The quantitative estimate of drug-likeness (QED) is 0.794. The number of fused-ring (bicyclic) bond motifs is 1. The van der Waals surface area contributed by atoms with E-state index < -0.39 is 0 Å². The molecule has 1 aromatic rings. The molecule has 1 aromatic carbocycles. The summed E-state index contributed by atoms with van der Waals surface area (Å²) in [6.45, 7) is 6.82. The van der Waals surface area contributed by atoms with Crippen LogP contribution >= 0.6 is 0 Å². The van der Waals surface area contributed by atoms with Gasteiger partial charge in [0.25, 0.3) is 0 Å². The first kappa shape index (κ1) is 12.9. The highest BCUT2D eigenvalue weighted by Gasteiger charge is 2.12. The van der Waals surface area contributed by atoms with Crippen molar-refractivity contribution in [2.24, 2.45) is 0 Å². The molecule has 1 N–H and O–H groups in total. The Balaban J connectivity index is 1.35. The molecule has 1 fully saturated rings. The van der Waals surface area contributed by atoms with Gasteiger partial charge in [-0.2, -0.15) is 0 Å². The number of hydrogen-bond acceptors (Lipinski definition) is 3. The van der Waals surface area contributed by atoms with E-state index in [-0.39, 0.29) is 0 Å². The molecule has 19 heavy (non-hydrogen) atoms. The fraction of sp³-hybridized carbons (Fsp3) is 0.625. The van der Waals surface area contributed by atoms with E-state index in [1.54, 1.807) is 0 Å². The SMILES string of the molecule is c1cc2c(cc1CNCCCN1CCCC1)CCO2. The normalized spacial score (nSPS) is 18.5. The van der Waals surface area contributed by atoms with Crippen LogP contribution in [0.15, 0.2) is 18.2 Å². The highest BCUT2D eigenvalue weighted by molar-refractivity contribution is 5.39. The maximum Gasteiger partial charge on any atom is 0.122 e. The van der Waals surface area contributed by atoms with E-state index in [0.29, 0.717) is 0 Å². The smallest absolute Gasteiger partial charge is 0.122 e. The molecule has 3 heteroatoms. The van der Waals surface area contributed by atoms with Crippen molar-refractivity contribution in [3.8, 4) is 5.75 Å². The number of hydrogen-bond donors (Lipinski definition) is 1. The van der Waals surface area contributed by atoms with Gasteiger partial charge in [-0.1, -0.05) is 12.1 Å². The number of nitrogens with one attached hydrogen (secondary N) is 1. The van der Waals surface area contributed by atoms with Gasteiger partial charge in [-0.05, 0) is 62.6 Å². The van der Waals surface area contributed by atoms with Gasteiger partial charge >= 0.3 is 0 Å². The van der Waals surface area contributed by atoms with Crippen LogP contribution in [0.4, 0.5) is 0 Å². The van der Waals surface area contributed by atoms with E-state index >= 15 is 0 Å². The largest absolute Gasteiger partial charge is 0.493 e. The number of ether oxygens (including phenoxy) is 1. The van der Waals surface area contributed by atoms with E-state index in [2.05, 4.69) is 28.4 Å². The second-order valence-corrected chi connectivity index (χ2v) is 5.62. The summed E-state index contributed by atoms with van der Waals surface area (Å²) in [7, 11) is 0. The molecule has 2 aliphatic rings. The van der Waals surface area contributed by atoms with Crippen molar-refractivity contribution in [2.75, 3.05) is 32.8 Å². The van der Waals surface area contributed by atoms with Crippen molar-refractivity contribution in [1.82, 2.24) is 10.2 Å². The van der Waals surface area contributed by atoms with Crippen molar-refractivity contribution in [2.45, 2.75) is 32.2 Å². The molecule has 0 bridgehead atoms. The molecule has 3 nitrogen and oxygen atoms in total. The van der Waals surface area contributed by atoms with Gasteiger partial charge in [-0.15, -0.1) is 0 Å². The number of nitrogens with zero attached hydrogens (tertiary/aromatic N) is 1. The van der Waals surface area contributed by atoms with Crippen LogP contribution in [0.5, 0.6) is 5.75 Å². The topological polar surface area (TPSA) is 24.5 Å². The summed E-state index contributed by atoms with van der Waals surface area (Å²) in [5.74, 6) is 1.08. The average molecular weight is 260 g/mol. The molecule has 0 unspecified atom stereocenters. The zero-order valence-electron chi connectivity index (χ0n) is 11.7. The predicted molar refractivity (Wildman–Crippen MR) is 77.6 cm³/mol. The van der Waals surface area contributed by atoms with Crippen molar-refractivity contribution in [3.05, 3.63) is 29.3 Å². The Morgan fingerprint density at radius 3 is 3.00 bits per heavy atom. The molecule has 0 radical (unpaired) electrons. The van der Waals surface area contributed by atoms with Gasteiger partial charge in [0.1, 0.15) is 5.75 Å². The Morgan fingerprint density at radius 1 is 1.21 bits per heavy atom. The van der Waals surface area contributed by atoms with Gasteiger partial charge in [0.05, 0.1) is 6.61 Å². The molecule has 0 aliphatic carbocycles. The third kappa shape index (κ3) is 3.48. The minimum Gasteiger partial charge on any atom is -0.493 e. The van der Waals surface area contributed by atoms with E-state index in [0.717, 1.165) is 31.9 Å².